The molecule has 0 amide bonds. The molecule has 9 aromatic rings. The van der Waals surface area contributed by atoms with Crippen molar-refractivity contribution in [2.75, 3.05) is 4.90 Å². The monoisotopic (exact) mass is 651 g/mol. The van der Waals surface area contributed by atoms with Gasteiger partial charge in [-0.1, -0.05) is 109 Å². The van der Waals surface area contributed by atoms with Gasteiger partial charge in [0, 0.05) is 37.4 Å². The Bertz CT molecular complexity index is 2690. The van der Waals surface area contributed by atoms with Crippen LogP contribution in [0.2, 0.25) is 0 Å². The van der Waals surface area contributed by atoms with Crippen LogP contribution in [0.15, 0.2) is 166 Å². The molecule has 0 atom stereocenters. The summed E-state index contributed by atoms with van der Waals surface area (Å²) in [4.78, 5) is 9.82. The highest BCUT2D eigenvalue weighted by molar-refractivity contribution is 7.99. The molecular formula is C42H25N3OS2. The van der Waals surface area contributed by atoms with Crippen molar-refractivity contribution in [1.82, 2.24) is 9.36 Å². The molecule has 0 saturated carbocycles. The van der Waals surface area contributed by atoms with Crippen molar-refractivity contribution in [3.63, 3.8) is 0 Å². The molecule has 6 heteroatoms. The molecule has 2 aromatic heterocycles. The molecule has 7 aromatic carbocycles. The lowest BCUT2D eigenvalue weighted by Crippen LogP contribution is -2.14. The average molecular weight is 652 g/mol. The molecule has 0 spiro atoms. The van der Waals surface area contributed by atoms with E-state index in [1.165, 1.54) is 26.7 Å². The van der Waals surface area contributed by atoms with Crippen molar-refractivity contribution in [3.8, 4) is 33.1 Å². The third-order valence-electron chi connectivity index (χ3n) is 9.05. The summed E-state index contributed by atoms with van der Waals surface area (Å²) < 4.78 is 11.0. The second-order valence-electron chi connectivity index (χ2n) is 11.9. The van der Waals surface area contributed by atoms with Crippen molar-refractivity contribution in [1.29, 1.82) is 0 Å². The number of aromatic nitrogens is 2. The number of rotatable bonds is 4. The minimum atomic E-state index is 0.760. The van der Waals surface area contributed by atoms with E-state index in [0.29, 0.717) is 0 Å². The van der Waals surface area contributed by atoms with Crippen LogP contribution in [0.3, 0.4) is 0 Å². The standard InChI is InChI=1S/C42H25N3OS2/c1-2-13-31-26(9-1)10-8-15-34(31)41-43-42(48-44-41)29-11-7-12-30(23-29)45-35-16-4-6-18-39(35)47-40-25-28(20-22-36(40)45)27-19-21-33-32-14-3-5-17-37(32)46-38(33)24-27/h1-25H. The van der Waals surface area contributed by atoms with E-state index < -0.39 is 0 Å². The molecule has 4 nitrogen and oxygen atoms in total. The Morgan fingerprint density at radius 3 is 2.25 bits per heavy atom. The maximum absolute atomic E-state index is 6.22. The van der Waals surface area contributed by atoms with Gasteiger partial charge in [0.1, 0.15) is 16.2 Å². The summed E-state index contributed by atoms with van der Waals surface area (Å²) in [5, 5.41) is 5.53. The van der Waals surface area contributed by atoms with Gasteiger partial charge in [-0.15, -0.1) is 0 Å². The summed E-state index contributed by atoms with van der Waals surface area (Å²) in [7, 11) is 0. The number of furan rings is 1. The first kappa shape index (κ1) is 27.4. The van der Waals surface area contributed by atoms with Gasteiger partial charge < -0.3 is 9.32 Å². The van der Waals surface area contributed by atoms with Gasteiger partial charge in [0.25, 0.3) is 0 Å². The molecule has 0 aliphatic carbocycles. The van der Waals surface area contributed by atoms with Crippen LogP contribution in [0.5, 0.6) is 0 Å². The molecule has 0 radical (unpaired) electrons. The first-order valence-electron chi connectivity index (χ1n) is 15.8. The molecule has 226 valence electrons. The van der Waals surface area contributed by atoms with Crippen molar-refractivity contribution in [2.24, 2.45) is 0 Å². The van der Waals surface area contributed by atoms with Crippen molar-refractivity contribution >= 4 is 73.1 Å². The third-order valence-corrected chi connectivity index (χ3v) is 10.9. The smallest absolute Gasteiger partial charge is 0.174 e. The number of hydrogen-bond acceptors (Lipinski definition) is 6. The van der Waals surface area contributed by atoms with E-state index in [9.17, 15) is 0 Å². The predicted molar refractivity (Wildman–Crippen MR) is 200 cm³/mol. The van der Waals surface area contributed by atoms with E-state index >= 15 is 0 Å². The summed E-state index contributed by atoms with van der Waals surface area (Å²) in [5.74, 6) is 0.760. The summed E-state index contributed by atoms with van der Waals surface area (Å²) in [5.41, 5.74) is 9.61. The Balaban J connectivity index is 1.04. The normalized spacial score (nSPS) is 12.5. The van der Waals surface area contributed by atoms with Crippen LogP contribution < -0.4 is 4.90 Å². The second kappa shape index (κ2) is 10.9. The first-order chi connectivity index (χ1) is 23.8. The molecule has 1 aliphatic heterocycles. The summed E-state index contributed by atoms with van der Waals surface area (Å²) >= 11 is 3.26. The molecule has 0 unspecified atom stereocenters. The van der Waals surface area contributed by atoms with Gasteiger partial charge in [-0.25, -0.2) is 4.98 Å². The largest absolute Gasteiger partial charge is 0.456 e. The van der Waals surface area contributed by atoms with E-state index in [0.717, 1.165) is 77.5 Å². The number of benzene rings is 7. The highest BCUT2D eigenvalue weighted by Gasteiger charge is 2.26. The van der Waals surface area contributed by atoms with Gasteiger partial charge in [0.2, 0.25) is 0 Å². The molecule has 0 saturated heterocycles. The molecule has 3 heterocycles. The van der Waals surface area contributed by atoms with Gasteiger partial charge in [0.05, 0.1) is 11.4 Å². The number of hydrogen-bond donors (Lipinski definition) is 0. The summed E-state index contributed by atoms with van der Waals surface area (Å²) in [6.45, 7) is 0. The SMILES string of the molecule is c1cc(-c2nc(-c3cccc4ccccc34)ns2)cc(N2c3ccccc3Sc3cc(-c4ccc5c(c4)oc4ccccc45)ccc32)c1. The molecule has 10 rings (SSSR count). The Kier molecular flexibility index (Phi) is 6.25. The average Bonchev–Trinajstić information content (AvgIpc) is 3.79. The second-order valence-corrected chi connectivity index (χ2v) is 13.7. The molecule has 0 fully saturated rings. The Morgan fingerprint density at radius 1 is 0.521 bits per heavy atom. The molecular weight excluding hydrogens is 627 g/mol. The highest BCUT2D eigenvalue weighted by atomic mass is 32.2. The van der Waals surface area contributed by atoms with Gasteiger partial charge in [0.15, 0.2) is 5.82 Å². The van der Waals surface area contributed by atoms with Crippen LogP contribution in [0.25, 0.3) is 65.8 Å². The minimum absolute atomic E-state index is 0.760. The van der Waals surface area contributed by atoms with Crippen LogP contribution in [0.1, 0.15) is 0 Å². The fourth-order valence-corrected chi connectivity index (χ4v) is 8.54. The number of fused-ring (bicyclic) bond motifs is 6. The number of para-hydroxylation sites is 2. The first-order valence-corrected chi connectivity index (χ1v) is 17.4. The van der Waals surface area contributed by atoms with Gasteiger partial charge in [-0.05, 0) is 88.0 Å². The van der Waals surface area contributed by atoms with E-state index in [-0.39, 0.29) is 0 Å². The Hall–Kier alpha value is -5.69. The summed E-state index contributed by atoms with van der Waals surface area (Å²) in [6, 6.07) is 53.5. The topological polar surface area (TPSA) is 42.2 Å². The molecule has 0 bridgehead atoms. The quantitative estimate of drug-likeness (QED) is 0.189. The van der Waals surface area contributed by atoms with Gasteiger partial charge in [-0.2, -0.15) is 4.37 Å². The van der Waals surface area contributed by atoms with E-state index in [2.05, 4.69) is 144 Å². The lowest BCUT2D eigenvalue weighted by molar-refractivity contribution is 0.669. The van der Waals surface area contributed by atoms with Crippen LogP contribution in [-0.4, -0.2) is 9.36 Å². The maximum atomic E-state index is 6.22. The fraction of sp³-hybridized carbons (Fsp3) is 0. The van der Waals surface area contributed by atoms with Gasteiger partial charge in [-0.3, -0.25) is 0 Å². The summed E-state index contributed by atoms with van der Waals surface area (Å²) in [6.07, 6.45) is 0. The Labute approximate surface area is 285 Å². The lowest BCUT2D eigenvalue weighted by Gasteiger charge is -2.33. The highest BCUT2D eigenvalue weighted by Crippen LogP contribution is 2.52. The Morgan fingerprint density at radius 2 is 1.27 bits per heavy atom. The number of nitrogens with zero attached hydrogens (tertiary/aromatic N) is 3. The fourth-order valence-electron chi connectivity index (χ4n) is 6.77. The van der Waals surface area contributed by atoms with E-state index in [1.807, 2.05) is 23.9 Å². The van der Waals surface area contributed by atoms with Crippen molar-refractivity contribution in [2.45, 2.75) is 9.79 Å². The van der Waals surface area contributed by atoms with Crippen LogP contribution in [0.4, 0.5) is 17.1 Å². The zero-order valence-corrected chi connectivity index (χ0v) is 27.1. The third kappa shape index (κ3) is 4.45. The zero-order chi connectivity index (χ0) is 31.6. The zero-order valence-electron chi connectivity index (χ0n) is 25.5. The van der Waals surface area contributed by atoms with Crippen molar-refractivity contribution < 1.29 is 4.42 Å². The molecule has 48 heavy (non-hydrogen) atoms. The minimum Gasteiger partial charge on any atom is -0.456 e. The van der Waals surface area contributed by atoms with E-state index in [1.54, 1.807) is 0 Å². The molecule has 1 aliphatic rings. The van der Waals surface area contributed by atoms with E-state index in [4.69, 9.17) is 13.8 Å². The number of anilines is 3. The van der Waals surface area contributed by atoms with Crippen LogP contribution in [0, 0.1) is 0 Å². The van der Waals surface area contributed by atoms with Crippen LogP contribution >= 0.6 is 23.3 Å². The van der Waals surface area contributed by atoms with Gasteiger partial charge >= 0.3 is 0 Å². The molecule has 0 N–H and O–H groups in total. The maximum Gasteiger partial charge on any atom is 0.174 e. The van der Waals surface area contributed by atoms with Crippen molar-refractivity contribution in [3.05, 3.63) is 152 Å². The predicted octanol–water partition coefficient (Wildman–Crippen LogP) is 12.5. The van der Waals surface area contributed by atoms with Crippen LogP contribution in [-0.2, 0) is 0 Å². The lowest BCUT2D eigenvalue weighted by atomic mass is 10.0.